The number of nitrogens with zero attached hydrogens (tertiary/aromatic N) is 3. The van der Waals surface area contributed by atoms with E-state index in [-0.39, 0.29) is 5.91 Å². The van der Waals surface area contributed by atoms with E-state index in [1.807, 2.05) is 43.6 Å². The summed E-state index contributed by atoms with van der Waals surface area (Å²) < 4.78 is 7.51. The van der Waals surface area contributed by atoms with Crippen molar-refractivity contribution < 1.29 is 9.53 Å². The average Bonchev–Trinajstić information content (AvgIpc) is 3.18. The number of carbonyl (C=O) groups excluding carboxylic acids is 1. The van der Waals surface area contributed by atoms with Crippen LogP contribution < -0.4 is 15.4 Å². The third-order valence-corrected chi connectivity index (χ3v) is 4.73. The second-order valence-corrected chi connectivity index (χ2v) is 6.87. The molecule has 1 aromatic carbocycles. The van der Waals surface area contributed by atoms with Gasteiger partial charge in [-0.25, -0.2) is 4.98 Å². The molecule has 0 bridgehead atoms. The van der Waals surface area contributed by atoms with Gasteiger partial charge in [0.1, 0.15) is 5.69 Å². The van der Waals surface area contributed by atoms with Crippen LogP contribution in [0.3, 0.4) is 0 Å². The van der Waals surface area contributed by atoms with Crippen LogP contribution in [0.15, 0.2) is 48.9 Å². The molecule has 0 aliphatic carbocycles. The summed E-state index contributed by atoms with van der Waals surface area (Å²) in [5, 5.41) is 10.3. The van der Waals surface area contributed by atoms with Crippen molar-refractivity contribution in [3.05, 3.63) is 60.0 Å². The molecule has 3 aromatic rings. The molecule has 0 saturated heterocycles. The Hall–Kier alpha value is -3.63. The first kappa shape index (κ1) is 18.7. The number of hydrogen-bond donors (Lipinski definition) is 2. The highest BCUT2D eigenvalue weighted by Gasteiger charge is 2.28. The molecule has 4 rings (SSSR count). The number of terminal acetylenes is 1. The van der Waals surface area contributed by atoms with Gasteiger partial charge in [0, 0.05) is 42.7 Å². The highest BCUT2D eigenvalue weighted by atomic mass is 16.5. The molecule has 0 radical (unpaired) electrons. The molecule has 29 heavy (non-hydrogen) atoms. The number of nitrogens with one attached hydrogen (secondary N) is 2. The van der Waals surface area contributed by atoms with Crippen LogP contribution in [-0.4, -0.2) is 39.9 Å². The number of carbonyl (C=O) groups is 1. The summed E-state index contributed by atoms with van der Waals surface area (Å²) in [7, 11) is 1.85. The second-order valence-electron chi connectivity index (χ2n) is 6.87. The number of rotatable bonds is 6. The number of pyridine rings is 1. The van der Waals surface area contributed by atoms with Crippen molar-refractivity contribution >= 4 is 11.6 Å². The van der Waals surface area contributed by atoms with Gasteiger partial charge in [0.25, 0.3) is 5.91 Å². The Bertz CT molecular complexity index is 1070. The number of benzene rings is 1. The third kappa shape index (κ3) is 4.28. The lowest BCUT2D eigenvalue weighted by atomic mass is 10.1. The van der Waals surface area contributed by atoms with Crippen molar-refractivity contribution in [2.75, 3.05) is 18.4 Å². The first-order valence-corrected chi connectivity index (χ1v) is 9.35. The Labute approximate surface area is 169 Å². The fraction of sp³-hybridized carbons (Fsp3) is 0.227. The lowest BCUT2D eigenvalue weighted by molar-refractivity contribution is -0.123. The van der Waals surface area contributed by atoms with Crippen LogP contribution in [0.4, 0.5) is 5.69 Å². The number of aryl methyl sites for hydroxylation is 1. The van der Waals surface area contributed by atoms with Gasteiger partial charge < -0.3 is 15.4 Å². The minimum Gasteiger partial charge on any atom is -0.461 e. The number of fused-ring (bicyclic) bond motifs is 1. The van der Waals surface area contributed by atoms with E-state index < -0.39 is 6.10 Å². The monoisotopic (exact) mass is 387 g/mol. The van der Waals surface area contributed by atoms with Gasteiger partial charge in [-0.1, -0.05) is 18.1 Å². The molecule has 2 aromatic heterocycles. The van der Waals surface area contributed by atoms with E-state index in [1.165, 1.54) is 5.56 Å². The Morgan fingerprint density at radius 3 is 2.83 bits per heavy atom. The van der Waals surface area contributed by atoms with E-state index in [1.54, 1.807) is 17.1 Å². The summed E-state index contributed by atoms with van der Waals surface area (Å²) in [5.74, 6) is 2.84. The molecule has 0 spiro atoms. The number of aromatic nitrogens is 3. The average molecular weight is 387 g/mol. The predicted molar refractivity (Wildman–Crippen MR) is 110 cm³/mol. The van der Waals surface area contributed by atoms with Gasteiger partial charge in [-0.2, -0.15) is 5.10 Å². The number of amides is 1. The van der Waals surface area contributed by atoms with Crippen LogP contribution in [0.25, 0.3) is 11.1 Å². The fourth-order valence-electron chi connectivity index (χ4n) is 3.13. The van der Waals surface area contributed by atoms with Crippen LogP contribution in [0.5, 0.6) is 5.88 Å². The van der Waals surface area contributed by atoms with E-state index in [4.69, 9.17) is 11.2 Å². The summed E-state index contributed by atoms with van der Waals surface area (Å²) in [4.78, 5) is 16.8. The molecule has 0 fully saturated rings. The van der Waals surface area contributed by atoms with Crippen LogP contribution >= 0.6 is 0 Å². The molecule has 1 aliphatic rings. The number of ether oxygens (including phenoxy) is 1. The zero-order chi connectivity index (χ0) is 20.2. The summed E-state index contributed by atoms with van der Waals surface area (Å²) >= 11 is 0. The molecule has 146 valence electrons. The molecular formula is C22H21N5O2. The van der Waals surface area contributed by atoms with Gasteiger partial charge in [-0.3, -0.25) is 9.48 Å². The van der Waals surface area contributed by atoms with E-state index in [9.17, 15) is 4.79 Å². The van der Waals surface area contributed by atoms with Crippen LogP contribution in [0, 0.1) is 12.3 Å². The molecule has 1 aliphatic heterocycles. The van der Waals surface area contributed by atoms with Crippen molar-refractivity contribution in [1.82, 2.24) is 20.1 Å². The number of anilines is 1. The van der Waals surface area contributed by atoms with Crippen molar-refractivity contribution in [2.45, 2.75) is 12.5 Å². The Morgan fingerprint density at radius 1 is 1.28 bits per heavy atom. The normalized spacial score (nSPS) is 15.2. The second kappa shape index (κ2) is 8.17. The smallest absolute Gasteiger partial charge is 0.267 e. The summed E-state index contributed by atoms with van der Waals surface area (Å²) in [6.45, 7) is 1.13. The lowest BCUT2D eigenvalue weighted by Crippen LogP contribution is -2.44. The molecule has 2 N–H and O–H groups in total. The SMILES string of the molecule is C#Cc1ccc(CCNC[C@H]2Oc3ncc(-c4cnn(C)c4)cc3NC2=O)cc1. The molecule has 3 heterocycles. The third-order valence-electron chi connectivity index (χ3n) is 4.73. The maximum atomic E-state index is 12.4. The largest absolute Gasteiger partial charge is 0.461 e. The Kier molecular flexibility index (Phi) is 5.27. The first-order valence-electron chi connectivity index (χ1n) is 9.35. The quantitative estimate of drug-likeness (QED) is 0.499. The Morgan fingerprint density at radius 2 is 2.10 bits per heavy atom. The maximum absolute atomic E-state index is 12.4. The molecule has 7 heteroatoms. The minimum absolute atomic E-state index is 0.187. The van der Waals surface area contributed by atoms with Gasteiger partial charge in [0.05, 0.1) is 6.20 Å². The zero-order valence-electron chi connectivity index (χ0n) is 16.1. The number of hydrogen-bond acceptors (Lipinski definition) is 5. The van der Waals surface area contributed by atoms with Crippen LogP contribution in [0.2, 0.25) is 0 Å². The molecule has 0 unspecified atom stereocenters. The van der Waals surface area contributed by atoms with Crippen molar-refractivity contribution in [1.29, 1.82) is 0 Å². The fourth-order valence-corrected chi connectivity index (χ4v) is 3.13. The van der Waals surface area contributed by atoms with Crippen LogP contribution in [-0.2, 0) is 18.3 Å². The highest BCUT2D eigenvalue weighted by Crippen LogP contribution is 2.31. The molecule has 1 amide bonds. The van der Waals surface area contributed by atoms with Gasteiger partial charge in [0.15, 0.2) is 6.10 Å². The van der Waals surface area contributed by atoms with Crippen molar-refractivity contribution in [2.24, 2.45) is 7.05 Å². The van der Waals surface area contributed by atoms with Gasteiger partial charge in [0.2, 0.25) is 5.88 Å². The van der Waals surface area contributed by atoms with Gasteiger partial charge >= 0.3 is 0 Å². The molecular weight excluding hydrogens is 366 g/mol. The first-order chi connectivity index (χ1) is 14.1. The standard InChI is InChI=1S/C22H21N5O2/c1-3-15-4-6-16(7-5-15)8-9-23-13-20-21(28)26-19-10-17(11-24-22(19)29-20)18-12-25-27(2)14-18/h1,4-7,10-12,14,20,23H,8-9,13H2,2H3,(H,26,28)/t20-/m1/s1. The van der Waals surface area contributed by atoms with E-state index in [2.05, 4.69) is 26.6 Å². The molecule has 7 nitrogen and oxygen atoms in total. The highest BCUT2D eigenvalue weighted by molar-refractivity contribution is 5.98. The summed E-state index contributed by atoms with van der Waals surface area (Å²) in [6.07, 6.45) is 10.9. The topological polar surface area (TPSA) is 81.1 Å². The predicted octanol–water partition coefficient (Wildman–Crippen LogP) is 2.00. The summed E-state index contributed by atoms with van der Waals surface area (Å²) in [5.41, 5.74) is 4.41. The van der Waals surface area contributed by atoms with Crippen molar-refractivity contribution in [3.8, 4) is 29.4 Å². The van der Waals surface area contributed by atoms with Gasteiger partial charge in [-0.05, 0) is 36.7 Å². The van der Waals surface area contributed by atoms with E-state index >= 15 is 0 Å². The lowest BCUT2D eigenvalue weighted by Gasteiger charge is -2.25. The maximum Gasteiger partial charge on any atom is 0.267 e. The minimum atomic E-state index is -0.622. The molecule has 0 saturated carbocycles. The summed E-state index contributed by atoms with van der Waals surface area (Å²) in [6, 6.07) is 9.73. The van der Waals surface area contributed by atoms with E-state index in [0.717, 1.165) is 29.7 Å². The Balaban J connectivity index is 1.33. The molecule has 1 atom stereocenters. The van der Waals surface area contributed by atoms with Crippen molar-refractivity contribution in [3.63, 3.8) is 0 Å². The zero-order valence-corrected chi connectivity index (χ0v) is 16.1. The van der Waals surface area contributed by atoms with Crippen LogP contribution in [0.1, 0.15) is 11.1 Å². The van der Waals surface area contributed by atoms with Gasteiger partial charge in [-0.15, -0.1) is 6.42 Å². The van der Waals surface area contributed by atoms with E-state index in [0.29, 0.717) is 18.1 Å².